The van der Waals surface area contributed by atoms with Gasteiger partial charge in [-0.3, -0.25) is 0 Å². The van der Waals surface area contributed by atoms with Gasteiger partial charge in [0.1, 0.15) is 15.5 Å². The first-order chi connectivity index (χ1) is 9.28. The van der Waals surface area contributed by atoms with E-state index in [1.807, 2.05) is 0 Å². The molecule has 0 saturated carbocycles. The van der Waals surface area contributed by atoms with Crippen LogP contribution in [0.1, 0.15) is 0 Å². The SMILES string of the molecule is O=C=Nc1c(S(=O)(=O)Cl)cc(S(=O)(=O)Cl)cc1S(=O)(=O)Cl. The number of rotatable bonds is 4. The molecule has 0 unspecified atom stereocenters. The second-order valence-corrected chi connectivity index (χ2v) is 10.9. The summed E-state index contributed by atoms with van der Waals surface area (Å²) in [5, 5.41) is 0. The lowest BCUT2D eigenvalue weighted by molar-refractivity contribution is 0.565. The van der Waals surface area contributed by atoms with E-state index in [4.69, 9.17) is 32.0 Å². The number of isocyanates is 1. The fraction of sp³-hybridized carbons (Fsp3) is 0. The second kappa shape index (κ2) is 5.84. The highest BCUT2D eigenvalue weighted by atomic mass is 35.7. The Morgan fingerprint density at radius 3 is 1.43 bits per heavy atom. The fourth-order valence-corrected chi connectivity index (χ4v) is 4.24. The quantitative estimate of drug-likeness (QED) is 0.413. The molecule has 1 rings (SSSR count). The zero-order valence-corrected chi connectivity index (χ0v) is 14.0. The minimum atomic E-state index is -4.67. The summed E-state index contributed by atoms with van der Waals surface area (Å²) in [7, 11) is 1.27. The van der Waals surface area contributed by atoms with Crippen LogP contribution >= 0.6 is 32.0 Å². The third-order valence-electron chi connectivity index (χ3n) is 1.98. The molecule has 116 valence electrons. The predicted octanol–water partition coefficient (Wildman–Crippen LogP) is 1.44. The summed E-state index contributed by atoms with van der Waals surface area (Å²) in [6, 6.07) is 0.874. The largest absolute Gasteiger partial charge is 0.263 e. The summed E-state index contributed by atoms with van der Waals surface area (Å²) < 4.78 is 68.0. The van der Waals surface area contributed by atoms with Crippen molar-refractivity contribution in [2.24, 2.45) is 4.99 Å². The van der Waals surface area contributed by atoms with E-state index in [-0.39, 0.29) is 0 Å². The molecule has 0 saturated heterocycles. The van der Waals surface area contributed by atoms with Gasteiger partial charge in [0.25, 0.3) is 27.2 Å². The third kappa shape index (κ3) is 4.39. The van der Waals surface area contributed by atoms with Gasteiger partial charge in [-0.05, 0) is 12.1 Å². The van der Waals surface area contributed by atoms with Gasteiger partial charge in [-0.15, -0.1) is 0 Å². The molecule has 0 aliphatic heterocycles. The molecule has 1 aromatic rings. The fourth-order valence-electron chi connectivity index (χ4n) is 1.23. The number of hydrogen-bond donors (Lipinski definition) is 0. The topological polar surface area (TPSA) is 132 Å². The Hall–Kier alpha value is -0.680. The molecule has 0 N–H and O–H groups in total. The third-order valence-corrected chi connectivity index (χ3v) is 5.98. The van der Waals surface area contributed by atoms with E-state index in [2.05, 4.69) is 4.99 Å². The molecule has 0 radical (unpaired) electrons. The Bertz CT molecular complexity index is 906. The minimum absolute atomic E-state index is 0.437. The summed E-state index contributed by atoms with van der Waals surface area (Å²) in [6.45, 7) is 0. The maximum Gasteiger partial charge on any atom is 0.263 e. The molecule has 0 aromatic heterocycles. The van der Waals surface area contributed by atoms with E-state index in [0.29, 0.717) is 12.1 Å². The van der Waals surface area contributed by atoms with Crippen molar-refractivity contribution < 1.29 is 30.0 Å². The van der Waals surface area contributed by atoms with E-state index in [0.717, 1.165) is 6.08 Å². The summed E-state index contributed by atoms with van der Waals surface area (Å²) in [4.78, 5) is 10.1. The second-order valence-electron chi connectivity index (χ2n) is 3.28. The zero-order valence-electron chi connectivity index (χ0n) is 9.32. The van der Waals surface area contributed by atoms with Crippen LogP contribution in [0, 0.1) is 0 Å². The Balaban J connectivity index is 4.18. The van der Waals surface area contributed by atoms with Gasteiger partial charge in [-0.25, -0.2) is 30.0 Å². The first kappa shape index (κ1) is 18.4. The summed E-state index contributed by atoms with van der Waals surface area (Å²) in [5.41, 5.74) is -0.973. The molecular weight excluding hydrogens is 413 g/mol. The van der Waals surface area contributed by atoms with Crippen LogP contribution in [-0.4, -0.2) is 31.3 Å². The highest BCUT2D eigenvalue weighted by molar-refractivity contribution is 8.15. The van der Waals surface area contributed by atoms with Gasteiger partial charge in [0.2, 0.25) is 6.08 Å². The van der Waals surface area contributed by atoms with Crippen LogP contribution in [0.3, 0.4) is 0 Å². The number of hydrogen-bond acceptors (Lipinski definition) is 8. The van der Waals surface area contributed by atoms with Crippen molar-refractivity contribution in [1.29, 1.82) is 0 Å². The number of benzene rings is 1. The summed E-state index contributed by atoms with van der Waals surface area (Å²) in [5.74, 6) is 0. The lowest BCUT2D eigenvalue weighted by Gasteiger charge is -2.08. The average Bonchev–Trinajstić information content (AvgIpc) is 2.24. The van der Waals surface area contributed by atoms with E-state index in [1.165, 1.54) is 0 Å². The molecule has 21 heavy (non-hydrogen) atoms. The molecule has 8 nitrogen and oxygen atoms in total. The monoisotopic (exact) mass is 413 g/mol. The molecule has 0 aliphatic rings. The van der Waals surface area contributed by atoms with Gasteiger partial charge < -0.3 is 0 Å². The Kier molecular flexibility index (Phi) is 5.11. The highest BCUT2D eigenvalue weighted by Crippen LogP contribution is 2.38. The standard InChI is InChI=1S/C7H2Cl3NO7S3/c8-19(13,14)4-1-5(20(9,15)16)7(11-3-12)6(2-4)21(10,17)18/h1-2H. The van der Waals surface area contributed by atoms with Crippen molar-refractivity contribution in [3.05, 3.63) is 12.1 Å². The van der Waals surface area contributed by atoms with E-state index in [9.17, 15) is 30.0 Å². The molecule has 0 bridgehead atoms. The maximum absolute atomic E-state index is 11.4. The Labute approximate surface area is 132 Å². The van der Waals surface area contributed by atoms with Gasteiger partial charge >= 0.3 is 0 Å². The van der Waals surface area contributed by atoms with Crippen LogP contribution in [0.25, 0.3) is 0 Å². The smallest absolute Gasteiger partial charge is 0.211 e. The molecule has 0 amide bonds. The van der Waals surface area contributed by atoms with Crippen LogP contribution in [0.2, 0.25) is 0 Å². The molecule has 1 aromatic carbocycles. The summed E-state index contributed by atoms with van der Waals surface area (Å²) >= 11 is 0. The van der Waals surface area contributed by atoms with Gasteiger partial charge in [0, 0.05) is 32.0 Å². The van der Waals surface area contributed by atoms with Crippen LogP contribution < -0.4 is 0 Å². The van der Waals surface area contributed by atoms with Crippen molar-refractivity contribution in [2.45, 2.75) is 14.7 Å². The molecule has 0 spiro atoms. The minimum Gasteiger partial charge on any atom is -0.211 e. The van der Waals surface area contributed by atoms with Crippen molar-refractivity contribution >= 4 is 71.0 Å². The number of carbonyl (C=O) groups excluding carboxylic acids is 1. The van der Waals surface area contributed by atoms with Gasteiger partial charge in [0.05, 0.1) is 4.90 Å². The zero-order chi connectivity index (χ0) is 16.6. The highest BCUT2D eigenvalue weighted by Gasteiger charge is 2.29. The number of halogens is 3. The van der Waals surface area contributed by atoms with Crippen molar-refractivity contribution in [3.8, 4) is 0 Å². The Morgan fingerprint density at radius 2 is 1.19 bits per heavy atom. The molecule has 0 heterocycles. The molecule has 0 fully saturated rings. The lowest BCUT2D eigenvalue weighted by Crippen LogP contribution is -2.02. The number of aliphatic imine (C=N–C) groups is 1. The van der Waals surface area contributed by atoms with Gasteiger partial charge in [-0.1, -0.05) is 0 Å². The van der Waals surface area contributed by atoms with Crippen molar-refractivity contribution in [2.75, 3.05) is 0 Å². The summed E-state index contributed by atoms with van der Waals surface area (Å²) in [6.07, 6.45) is 0.914. The van der Waals surface area contributed by atoms with Crippen LogP contribution in [0.15, 0.2) is 31.8 Å². The van der Waals surface area contributed by atoms with Crippen molar-refractivity contribution in [1.82, 2.24) is 0 Å². The van der Waals surface area contributed by atoms with E-state index >= 15 is 0 Å². The predicted molar refractivity (Wildman–Crippen MR) is 73.3 cm³/mol. The maximum atomic E-state index is 11.4. The van der Waals surface area contributed by atoms with Gasteiger partial charge in [-0.2, -0.15) is 4.99 Å². The van der Waals surface area contributed by atoms with Gasteiger partial charge in [0.15, 0.2) is 0 Å². The van der Waals surface area contributed by atoms with E-state index < -0.39 is 47.5 Å². The molecule has 0 aliphatic carbocycles. The number of nitrogens with zero attached hydrogens (tertiary/aromatic N) is 1. The Morgan fingerprint density at radius 1 is 0.810 bits per heavy atom. The lowest BCUT2D eigenvalue weighted by atomic mass is 10.3. The first-order valence-electron chi connectivity index (χ1n) is 4.38. The molecular formula is C7H2Cl3NO7S3. The van der Waals surface area contributed by atoms with Crippen LogP contribution in [0.4, 0.5) is 5.69 Å². The van der Waals surface area contributed by atoms with Crippen LogP contribution in [-0.2, 0) is 31.9 Å². The normalized spacial score (nSPS) is 12.7. The van der Waals surface area contributed by atoms with Crippen molar-refractivity contribution in [3.63, 3.8) is 0 Å². The van der Waals surface area contributed by atoms with E-state index in [1.54, 1.807) is 0 Å². The average molecular weight is 415 g/mol. The molecule has 14 heteroatoms. The van der Waals surface area contributed by atoms with Crippen LogP contribution in [0.5, 0.6) is 0 Å². The molecule has 0 atom stereocenters. The first-order valence-corrected chi connectivity index (χ1v) is 11.3.